The molecule has 3 aromatic rings. The first-order chi connectivity index (χ1) is 14.1. The van der Waals surface area contributed by atoms with Gasteiger partial charge < -0.3 is 4.74 Å². The summed E-state index contributed by atoms with van der Waals surface area (Å²) in [5.41, 5.74) is 1.30. The fourth-order valence-corrected chi connectivity index (χ4v) is 4.59. The summed E-state index contributed by atoms with van der Waals surface area (Å²) in [5, 5.41) is 0.598. The topological polar surface area (TPSA) is 45.7 Å². The number of anilines is 1. The molecule has 0 spiro atoms. The first-order valence-corrected chi connectivity index (χ1v) is 11.1. The molecule has 29 heavy (non-hydrogen) atoms. The average molecular weight is 478 g/mol. The van der Waals surface area contributed by atoms with E-state index in [2.05, 4.69) is 25.8 Å². The normalized spacial score (nSPS) is 15.0. The molecule has 1 aromatic heterocycles. The van der Waals surface area contributed by atoms with Crippen LogP contribution in [0.25, 0.3) is 10.2 Å². The number of rotatable bonds is 6. The number of nitrogens with zero attached hydrogens (tertiary/aromatic N) is 3. The highest BCUT2D eigenvalue weighted by atomic mass is 79.9. The molecule has 1 aliphatic rings. The third kappa shape index (κ3) is 5.01. The van der Waals surface area contributed by atoms with E-state index in [0.717, 1.165) is 48.4 Å². The molecule has 2 aromatic carbocycles. The zero-order chi connectivity index (χ0) is 20.2. The van der Waals surface area contributed by atoms with Gasteiger partial charge in [-0.3, -0.25) is 14.6 Å². The minimum Gasteiger partial charge on any atom is -0.379 e. The van der Waals surface area contributed by atoms with E-state index >= 15 is 0 Å². The third-order valence-corrected chi connectivity index (χ3v) is 6.44. The van der Waals surface area contributed by atoms with Crippen LogP contribution in [0.5, 0.6) is 0 Å². The molecule has 0 bridgehead atoms. The van der Waals surface area contributed by atoms with Gasteiger partial charge in [0.2, 0.25) is 0 Å². The number of hydrogen-bond donors (Lipinski definition) is 0. The van der Waals surface area contributed by atoms with Crippen LogP contribution in [0.1, 0.15) is 16.8 Å². The number of hydrogen-bond acceptors (Lipinski definition) is 5. The van der Waals surface area contributed by atoms with Gasteiger partial charge in [-0.25, -0.2) is 9.37 Å². The van der Waals surface area contributed by atoms with Crippen LogP contribution in [0.3, 0.4) is 0 Å². The maximum absolute atomic E-state index is 13.6. The van der Waals surface area contributed by atoms with Crippen LogP contribution < -0.4 is 4.90 Å². The van der Waals surface area contributed by atoms with Crippen LogP contribution in [0.2, 0.25) is 0 Å². The number of morpholine rings is 1. The second-order valence-electron chi connectivity index (χ2n) is 6.88. The minimum absolute atomic E-state index is 0.0981. The second-order valence-corrected chi connectivity index (χ2v) is 8.80. The summed E-state index contributed by atoms with van der Waals surface area (Å²) in [7, 11) is 0. The lowest BCUT2D eigenvalue weighted by molar-refractivity contribution is 0.0376. The van der Waals surface area contributed by atoms with Gasteiger partial charge in [-0.05, 0) is 48.9 Å². The summed E-state index contributed by atoms with van der Waals surface area (Å²) >= 11 is 4.75. The van der Waals surface area contributed by atoms with Crippen LogP contribution in [-0.4, -0.2) is 55.2 Å². The number of thiazole rings is 1. The van der Waals surface area contributed by atoms with Gasteiger partial charge in [-0.1, -0.05) is 27.3 Å². The van der Waals surface area contributed by atoms with Crippen molar-refractivity contribution in [2.45, 2.75) is 6.42 Å². The molecule has 152 valence electrons. The highest BCUT2D eigenvalue weighted by Crippen LogP contribution is 2.30. The van der Waals surface area contributed by atoms with Crippen molar-refractivity contribution >= 4 is 48.5 Å². The van der Waals surface area contributed by atoms with Crippen LogP contribution in [-0.2, 0) is 4.74 Å². The Hall–Kier alpha value is -1.87. The fourth-order valence-electron chi connectivity index (χ4n) is 3.31. The second kappa shape index (κ2) is 9.30. The number of fused-ring (bicyclic) bond motifs is 1. The smallest absolute Gasteiger partial charge is 0.260 e. The molecule has 0 aliphatic carbocycles. The maximum atomic E-state index is 13.6. The Labute approximate surface area is 181 Å². The quantitative estimate of drug-likeness (QED) is 0.521. The summed E-state index contributed by atoms with van der Waals surface area (Å²) in [5.74, 6) is -0.398. The van der Waals surface area contributed by atoms with Gasteiger partial charge in [0.25, 0.3) is 5.91 Å². The van der Waals surface area contributed by atoms with Crippen molar-refractivity contribution in [2.24, 2.45) is 0 Å². The van der Waals surface area contributed by atoms with Crippen molar-refractivity contribution in [3.8, 4) is 0 Å². The number of aromatic nitrogens is 1. The van der Waals surface area contributed by atoms with Crippen LogP contribution in [0.4, 0.5) is 9.52 Å². The first-order valence-electron chi connectivity index (χ1n) is 9.54. The van der Waals surface area contributed by atoms with E-state index in [1.807, 2.05) is 12.1 Å². The lowest BCUT2D eigenvalue weighted by Gasteiger charge is -2.27. The molecule has 2 heterocycles. The van der Waals surface area contributed by atoms with Crippen molar-refractivity contribution in [3.63, 3.8) is 0 Å². The molecule has 0 saturated carbocycles. The summed E-state index contributed by atoms with van der Waals surface area (Å²) in [6.45, 7) is 4.79. The first kappa shape index (κ1) is 20.4. The molecule has 1 aliphatic heterocycles. The van der Waals surface area contributed by atoms with Gasteiger partial charge in [0, 0.05) is 36.2 Å². The molecule has 5 nitrogen and oxygen atoms in total. The number of amides is 1. The van der Waals surface area contributed by atoms with Crippen molar-refractivity contribution in [1.82, 2.24) is 9.88 Å². The number of carbonyl (C=O) groups is 1. The minimum atomic E-state index is -0.300. The van der Waals surface area contributed by atoms with Crippen LogP contribution in [0, 0.1) is 5.82 Å². The molecule has 1 fully saturated rings. The standard InChI is InChI=1S/C21H21BrFN3O2S/c22-16-4-2-15(3-5-16)20(27)26(9-1-8-25-10-12-28-13-11-25)21-24-18-7-6-17(23)14-19(18)29-21/h2-7,14H,1,8-13H2. The zero-order valence-corrected chi connectivity index (χ0v) is 18.2. The molecule has 8 heteroatoms. The van der Waals surface area contributed by atoms with Gasteiger partial charge in [-0.15, -0.1) is 0 Å². The number of carbonyl (C=O) groups excluding carboxylic acids is 1. The van der Waals surface area contributed by atoms with E-state index in [4.69, 9.17) is 4.74 Å². The van der Waals surface area contributed by atoms with Gasteiger partial charge in [-0.2, -0.15) is 0 Å². The number of ether oxygens (including phenoxy) is 1. The average Bonchev–Trinajstić information content (AvgIpc) is 3.15. The Morgan fingerprint density at radius 1 is 1.21 bits per heavy atom. The molecule has 0 N–H and O–H groups in total. The summed E-state index contributed by atoms with van der Waals surface area (Å²) < 4.78 is 20.6. The highest BCUT2D eigenvalue weighted by molar-refractivity contribution is 9.10. The predicted molar refractivity (Wildman–Crippen MR) is 117 cm³/mol. The Balaban J connectivity index is 1.56. The summed E-state index contributed by atoms with van der Waals surface area (Å²) in [4.78, 5) is 21.9. The maximum Gasteiger partial charge on any atom is 0.260 e. The highest BCUT2D eigenvalue weighted by Gasteiger charge is 2.22. The van der Waals surface area contributed by atoms with E-state index in [1.54, 1.807) is 23.1 Å². The Morgan fingerprint density at radius 3 is 2.72 bits per heavy atom. The monoisotopic (exact) mass is 477 g/mol. The molecule has 0 atom stereocenters. The lowest BCUT2D eigenvalue weighted by atomic mass is 10.2. The molecular formula is C21H21BrFN3O2S. The summed E-state index contributed by atoms with van der Waals surface area (Å²) in [6.07, 6.45) is 0.826. The van der Waals surface area contributed by atoms with Gasteiger partial charge in [0.15, 0.2) is 5.13 Å². The molecule has 0 radical (unpaired) electrons. The number of benzene rings is 2. The SMILES string of the molecule is O=C(c1ccc(Br)cc1)N(CCCN1CCOCC1)c1nc2ccc(F)cc2s1. The number of halogens is 2. The lowest BCUT2D eigenvalue weighted by Crippen LogP contribution is -2.39. The van der Waals surface area contributed by atoms with Crippen molar-refractivity contribution in [3.05, 3.63) is 58.3 Å². The predicted octanol–water partition coefficient (Wildman–Crippen LogP) is 4.57. The van der Waals surface area contributed by atoms with Crippen molar-refractivity contribution in [1.29, 1.82) is 0 Å². The fraction of sp³-hybridized carbons (Fsp3) is 0.333. The Morgan fingerprint density at radius 2 is 1.97 bits per heavy atom. The summed E-state index contributed by atoms with van der Waals surface area (Å²) in [6, 6.07) is 11.8. The zero-order valence-electron chi connectivity index (χ0n) is 15.8. The Kier molecular flexibility index (Phi) is 6.54. The van der Waals surface area contributed by atoms with E-state index in [1.165, 1.54) is 23.5 Å². The third-order valence-electron chi connectivity index (χ3n) is 4.87. The molecular weight excluding hydrogens is 457 g/mol. The van der Waals surface area contributed by atoms with E-state index in [0.29, 0.717) is 22.8 Å². The van der Waals surface area contributed by atoms with E-state index in [9.17, 15) is 9.18 Å². The van der Waals surface area contributed by atoms with Crippen molar-refractivity contribution < 1.29 is 13.9 Å². The van der Waals surface area contributed by atoms with E-state index in [-0.39, 0.29) is 11.7 Å². The van der Waals surface area contributed by atoms with E-state index < -0.39 is 0 Å². The van der Waals surface area contributed by atoms with Crippen LogP contribution in [0.15, 0.2) is 46.9 Å². The van der Waals surface area contributed by atoms with Gasteiger partial charge in [0.1, 0.15) is 5.82 Å². The largest absolute Gasteiger partial charge is 0.379 e. The van der Waals surface area contributed by atoms with Crippen LogP contribution >= 0.6 is 27.3 Å². The molecule has 0 unspecified atom stereocenters. The van der Waals surface area contributed by atoms with Gasteiger partial charge >= 0.3 is 0 Å². The van der Waals surface area contributed by atoms with Gasteiger partial charge in [0.05, 0.1) is 23.4 Å². The van der Waals surface area contributed by atoms with Crippen molar-refractivity contribution in [2.75, 3.05) is 44.3 Å². The molecule has 1 saturated heterocycles. The Bertz CT molecular complexity index is 989. The molecule has 4 rings (SSSR count). The molecule has 1 amide bonds.